The number of carbonyl (C=O) groups is 2. The molecule has 0 bridgehead atoms. The summed E-state index contributed by atoms with van der Waals surface area (Å²) in [4.78, 5) is 34.6. The molecule has 0 unspecified atom stereocenters. The summed E-state index contributed by atoms with van der Waals surface area (Å²) < 4.78 is 30.8. The predicted molar refractivity (Wildman–Crippen MR) is 86.4 cm³/mol. The Morgan fingerprint density at radius 2 is 1.88 bits per heavy atom. The molecule has 0 saturated carbocycles. The van der Waals surface area contributed by atoms with Crippen molar-refractivity contribution in [3.05, 3.63) is 75.3 Å². The molecule has 1 atom stereocenters. The minimum atomic E-state index is -1.25. The maximum Gasteiger partial charge on any atom is 0.328 e. The van der Waals surface area contributed by atoms with Crippen LogP contribution in [-0.4, -0.2) is 30.0 Å². The van der Waals surface area contributed by atoms with E-state index in [0.717, 1.165) is 19.2 Å². The lowest BCUT2D eigenvalue weighted by molar-refractivity contribution is -0.385. The molecule has 136 valence electrons. The van der Waals surface area contributed by atoms with Gasteiger partial charge in [-0.05, 0) is 18.2 Å². The molecule has 0 saturated heterocycles. The number of nitro groups is 1. The third-order valence-electron chi connectivity index (χ3n) is 3.59. The number of rotatable bonds is 6. The van der Waals surface area contributed by atoms with Crippen molar-refractivity contribution in [2.24, 2.45) is 0 Å². The normalized spacial score (nSPS) is 11.5. The van der Waals surface area contributed by atoms with Crippen molar-refractivity contribution < 1.29 is 28.0 Å². The first-order chi connectivity index (χ1) is 12.3. The number of carbonyl (C=O) groups excluding carboxylic acids is 2. The molecule has 0 aliphatic heterocycles. The van der Waals surface area contributed by atoms with Gasteiger partial charge in [-0.15, -0.1) is 0 Å². The van der Waals surface area contributed by atoms with Gasteiger partial charge in [0.25, 0.3) is 11.6 Å². The molecule has 2 aromatic carbocycles. The van der Waals surface area contributed by atoms with Gasteiger partial charge in [0, 0.05) is 23.6 Å². The Kier molecular flexibility index (Phi) is 5.94. The highest BCUT2D eigenvalue weighted by Crippen LogP contribution is 2.20. The van der Waals surface area contributed by atoms with Crippen molar-refractivity contribution in [1.29, 1.82) is 0 Å². The van der Waals surface area contributed by atoms with Crippen LogP contribution in [0.5, 0.6) is 0 Å². The van der Waals surface area contributed by atoms with E-state index < -0.39 is 34.5 Å². The minimum Gasteiger partial charge on any atom is -0.467 e. The zero-order valence-corrected chi connectivity index (χ0v) is 13.6. The number of esters is 1. The largest absolute Gasteiger partial charge is 0.467 e. The van der Waals surface area contributed by atoms with E-state index in [0.29, 0.717) is 6.07 Å². The molecule has 7 nitrogen and oxygen atoms in total. The maximum atomic E-state index is 13.3. The number of nitrogens with zero attached hydrogens (tertiary/aromatic N) is 1. The standard InChI is InChI=1S/C17H14F2N2O5/c1-26-17(23)14(9-10-4-2-3-5-15(10)21(24)25)20-16(22)11-6-7-12(18)13(19)8-11/h2-8,14H,9H2,1H3,(H,20,22)/t14-/m1/s1. The number of halogens is 2. The average molecular weight is 364 g/mol. The minimum absolute atomic E-state index is 0.207. The van der Waals surface area contributed by atoms with Crippen LogP contribution in [-0.2, 0) is 16.0 Å². The third kappa shape index (κ3) is 4.38. The molecule has 0 fully saturated rings. The van der Waals surface area contributed by atoms with Gasteiger partial charge in [0.2, 0.25) is 0 Å². The lowest BCUT2D eigenvalue weighted by atomic mass is 10.0. The number of para-hydroxylation sites is 1. The van der Waals surface area contributed by atoms with Gasteiger partial charge >= 0.3 is 5.97 Å². The first kappa shape index (κ1) is 19.0. The number of benzene rings is 2. The van der Waals surface area contributed by atoms with Crippen molar-refractivity contribution in [3.8, 4) is 0 Å². The van der Waals surface area contributed by atoms with Crippen LogP contribution in [0.4, 0.5) is 14.5 Å². The molecule has 1 N–H and O–H groups in total. The number of ether oxygens (including phenoxy) is 1. The van der Waals surface area contributed by atoms with Gasteiger partial charge in [0.05, 0.1) is 12.0 Å². The molecular weight excluding hydrogens is 350 g/mol. The van der Waals surface area contributed by atoms with Crippen molar-refractivity contribution in [2.75, 3.05) is 7.11 Å². The van der Waals surface area contributed by atoms with Crippen LogP contribution in [0.1, 0.15) is 15.9 Å². The molecule has 26 heavy (non-hydrogen) atoms. The molecule has 0 spiro atoms. The van der Waals surface area contributed by atoms with Gasteiger partial charge < -0.3 is 10.1 Å². The van der Waals surface area contributed by atoms with E-state index in [9.17, 15) is 28.5 Å². The number of nitro benzene ring substituents is 1. The molecular formula is C17H14F2N2O5. The highest BCUT2D eigenvalue weighted by atomic mass is 19.2. The van der Waals surface area contributed by atoms with Crippen molar-refractivity contribution >= 4 is 17.6 Å². The first-order valence-corrected chi connectivity index (χ1v) is 7.39. The molecule has 1 amide bonds. The van der Waals surface area contributed by atoms with E-state index in [-0.39, 0.29) is 23.2 Å². The van der Waals surface area contributed by atoms with Crippen LogP contribution in [0.3, 0.4) is 0 Å². The summed E-state index contributed by atoms with van der Waals surface area (Å²) in [6.45, 7) is 0. The Labute approximate surface area is 146 Å². The Balaban J connectivity index is 2.25. The van der Waals surface area contributed by atoms with Gasteiger partial charge in [-0.1, -0.05) is 18.2 Å². The topological polar surface area (TPSA) is 98.5 Å². The molecule has 0 aliphatic rings. The van der Waals surface area contributed by atoms with Crippen LogP contribution < -0.4 is 5.32 Å². The second-order valence-electron chi connectivity index (χ2n) is 5.27. The summed E-state index contributed by atoms with van der Waals surface area (Å²) in [7, 11) is 1.10. The van der Waals surface area contributed by atoms with Crippen LogP contribution in [0.2, 0.25) is 0 Å². The van der Waals surface area contributed by atoms with E-state index >= 15 is 0 Å². The zero-order chi connectivity index (χ0) is 19.3. The smallest absolute Gasteiger partial charge is 0.328 e. The SMILES string of the molecule is COC(=O)[C@@H](Cc1ccccc1[N+](=O)[O-])NC(=O)c1ccc(F)c(F)c1. The quantitative estimate of drug-likeness (QED) is 0.482. The number of hydrogen-bond donors (Lipinski definition) is 1. The summed E-state index contributed by atoms with van der Waals surface area (Å²) >= 11 is 0. The third-order valence-corrected chi connectivity index (χ3v) is 3.59. The fourth-order valence-electron chi connectivity index (χ4n) is 2.30. The molecule has 2 aromatic rings. The monoisotopic (exact) mass is 364 g/mol. The van der Waals surface area contributed by atoms with E-state index in [1.54, 1.807) is 6.07 Å². The number of methoxy groups -OCH3 is 1. The van der Waals surface area contributed by atoms with Crippen molar-refractivity contribution in [1.82, 2.24) is 5.32 Å². The van der Waals surface area contributed by atoms with Gasteiger partial charge in [0.1, 0.15) is 6.04 Å². The first-order valence-electron chi connectivity index (χ1n) is 7.39. The fraction of sp³-hybridized carbons (Fsp3) is 0.176. The maximum absolute atomic E-state index is 13.3. The summed E-state index contributed by atoms with van der Waals surface area (Å²) in [6.07, 6.45) is -0.209. The van der Waals surface area contributed by atoms with Crippen LogP contribution in [0.15, 0.2) is 42.5 Å². The summed E-state index contributed by atoms with van der Waals surface area (Å²) in [5.41, 5.74) is -0.220. The highest BCUT2D eigenvalue weighted by Gasteiger charge is 2.26. The van der Waals surface area contributed by atoms with Gasteiger partial charge in [-0.3, -0.25) is 14.9 Å². The lowest BCUT2D eigenvalue weighted by Gasteiger charge is -2.16. The van der Waals surface area contributed by atoms with E-state index in [1.165, 1.54) is 18.2 Å². The Morgan fingerprint density at radius 1 is 1.19 bits per heavy atom. The average Bonchev–Trinajstić information content (AvgIpc) is 2.62. The highest BCUT2D eigenvalue weighted by molar-refractivity contribution is 5.96. The van der Waals surface area contributed by atoms with Gasteiger partial charge in [0.15, 0.2) is 11.6 Å². The number of amides is 1. The van der Waals surface area contributed by atoms with E-state index in [1.807, 2.05) is 0 Å². The summed E-state index contributed by atoms with van der Waals surface area (Å²) in [6, 6.07) is 6.99. The van der Waals surface area contributed by atoms with Gasteiger partial charge in [-0.25, -0.2) is 13.6 Å². The molecule has 0 aromatic heterocycles. The molecule has 0 aliphatic carbocycles. The molecule has 2 rings (SSSR count). The molecule has 0 heterocycles. The Morgan fingerprint density at radius 3 is 2.50 bits per heavy atom. The summed E-state index contributed by atoms with van der Waals surface area (Å²) in [5.74, 6) is -4.02. The molecule has 9 heteroatoms. The lowest BCUT2D eigenvalue weighted by Crippen LogP contribution is -2.43. The van der Waals surface area contributed by atoms with Gasteiger partial charge in [-0.2, -0.15) is 0 Å². The van der Waals surface area contributed by atoms with Crippen LogP contribution in [0, 0.1) is 21.7 Å². The second kappa shape index (κ2) is 8.15. The van der Waals surface area contributed by atoms with Crippen molar-refractivity contribution in [3.63, 3.8) is 0 Å². The number of hydrogen-bond acceptors (Lipinski definition) is 5. The van der Waals surface area contributed by atoms with Crippen LogP contribution >= 0.6 is 0 Å². The number of nitrogens with one attached hydrogen (secondary N) is 1. The van der Waals surface area contributed by atoms with E-state index in [4.69, 9.17) is 0 Å². The van der Waals surface area contributed by atoms with Crippen LogP contribution in [0.25, 0.3) is 0 Å². The Hall–Kier alpha value is -3.36. The Bertz CT molecular complexity index is 857. The zero-order valence-electron chi connectivity index (χ0n) is 13.6. The van der Waals surface area contributed by atoms with Crippen molar-refractivity contribution in [2.45, 2.75) is 12.5 Å². The molecule has 0 radical (unpaired) electrons. The predicted octanol–water partition coefficient (Wildman–Crippen LogP) is 2.39. The summed E-state index contributed by atoms with van der Waals surface area (Å²) in [5, 5.41) is 13.4. The van der Waals surface area contributed by atoms with E-state index in [2.05, 4.69) is 10.1 Å². The fourth-order valence-corrected chi connectivity index (χ4v) is 2.30. The second-order valence-corrected chi connectivity index (χ2v) is 5.27.